The summed E-state index contributed by atoms with van der Waals surface area (Å²) in [5, 5.41) is 3.37. The molecule has 2 rings (SSSR count). The SMILES string of the molecule is CC(C)(C)c1ncc(C2CCNC2)[nH]1. The van der Waals surface area contributed by atoms with Gasteiger partial charge >= 0.3 is 0 Å². The smallest absolute Gasteiger partial charge is 0.111 e. The molecule has 1 atom stereocenters. The number of hydrogen-bond acceptors (Lipinski definition) is 2. The maximum Gasteiger partial charge on any atom is 0.111 e. The summed E-state index contributed by atoms with van der Waals surface area (Å²) in [7, 11) is 0. The topological polar surface area (TPSA) is 40.7 Å². The molecule has 0 aliphatic carbocycles. The van der Waals surface area contributed by atoms with Crippen LogP contribution in [-0.4, -0.2) is 23.1 Å². The van der Waals surface area contributed by atoms with E-state index in [9.17, 15) is 0 Å². The van der Waals surface area contributed by atoms with E-state index < -0.39 is 0 Å². The number of hydrogen-bond donors (Lipinski definition) is 2. The van der Waals surface area contributed by atoms with Gasteiger partial charge in [-0.1, -0.05) is 20.8 Å². The van der Waals surface area contributed by atoms with Crippen LogP contribution in [0.2, 0.25) is 0 Å². The normalized spacial score (nSPS) is 22.9. The monoisotopic (exact) mass is 193 g/mol. The molecule has 3 nitrogen and oxygen atoms in total. The van der Waals surface area contributed by atoms with Gasteiger partial charge in [0, 0.05) is 29.8 Å². The van der Waals surface area contributed by atoms with Crippen molar-refractivity contribution in [2.75, 3.05) is 13.1 Å². The van der Waals surface area contributed by atoms with E-state index in [2.05, 4.69) is 36.1 Å². The number of imidazole rings is 1. The lowest BCUT2D eigenvalue weighted by atomic mass is 9.96. The van der Waals surface area contributed by atoms with Crippen molar-refractivity contribution >= 4 is 0 Å². The predicted octanol–water partition coefficient (Wildman–Crippen LogP) is 1.78. The third-order valence-corrected chi connectivity index (χ3v) is 2.81. The maximum absolute atomic E-state index is 4.45. The summed E-state index contributed by atoms with van der Waals surface area (Å²) < 4.78 is 0. The van der Waals surface area contributed by atoms with Gasteiger partial charge in [-0.2, -0.15) is 0 Å². The molecule has 2 N–H and O–H groups in total. The molecule has 0 aromatic carbocycles. The Balaban J connectivity index is 2.17. The zero-order valence-corrected chi connectivity index (χ0v) is 9.22. The highest BCUT2D eigenvalue weighted by molar-refractivity contribution is 5.14. The third kappa shape index (κ3) is 1.82. The largest absolute Gasteiger partial charge is 0.345 e. The van der Waals surface area contributed by atoms with Crippen molar-refractivity contribution in [2.24, 2.45) is 0 Å². The van der Waals surface area contributed by atoms with Crippen molar-refractivity contribution in [3.63, 3.8) is 0 Å². The highest BCUT2D eigenvalue weighted by Gasteiger charge is 2.22. The second kappa shape index (κ2) is 3.39. The van der Waals surface area contributed by atoms with E-state index in [1.165, 1.54) is 12.1 Å². The average molecular weight is 193 g/mol. The summed E-state index contributed by atoms with van der Waals surface area (Å²) >= 11 is 0. The molecule has 2 heterocycles. The van der Waals surface area contributed by atoms with Gasteiger partial charge in [-0.3, -0.25) is 0 Å². The van der Waals surface area contributed by atoms with Crippen molar-refractivity contribution in [1.82, 2.24) is 15.3 Å². The van der Waals surface area contributed by atoms with Gasteiger partial charge in [-0.15, -0.1) is 0 Å². The Bertz CT molecular complexity index is 303. The Labute approximate surface area is 85.3 Å². The quantitative estimate of drug-likeness (QED) is 0.714. The van der Waals surface area contributed by atoms with Crippen LogP contribution in [0.5, 0.6) is 0 Å². The first-order valence-electron chi connectivity index (χ1n) is 5.33. The summed E-state index contributed by atoms with van der Waals surface area (Å²) in [6.07, 6.45) is 3.23. The molecule has 0 amide bonds. The molecule has 78 valence electrons. The number of nitrogens with one attached hydrogen (secondary N) is 2. The third-order valence-electron chi connectivity index (χ3n) is 2.81. The number of nitrogens with zero attached hydrogens (tertiary/aromatic N) is 1. The van der Waals surface area contributed by atoms with E-state index in [0.717, 1.165) is 18.9 Å². The van der Waals surface area contributed by atoms with Crippen molar-refractivity contribution < 1.29 is 0 Å². The van der Waals surface area contributed by atoms with Gasteiger partial charge in [0.2, 0.25) is 0 Å². The fraction of sp³-hybridized carbons (Fsp3) is 0.727. The van der Waals surface area contributed by atoms with Crippen LogP contribution < -0.4 is 5.32 Å². The second-order valence-electron chi connectivity index (χ2n) is 5.13. The summed E-state index contributed by atoms with van der Waals surface area (Å²) in [6.45, 7) is 8.77. The minimum Gasteiger partial charge on any atom is -0.345 e. The molecule has 1 aromatic heterocycles. The van der Waals surface area contributed by atoms with Crippen LogP contribution in [0.1, 0.15) is 44.6 Å². The molecule has 0 radical (unpaired) electrons. The molecule has 0 bridgehead atoms. The number of rotatable bonds is 1. The lowest BCUT2D eigenvalue weighted by Gasteiger charge is -2.14. The first-order chi connectivity index (χ1) is 6.57. The molecule has 3 heteroatoms. The summed E-state index contributed by atoms with van der Waals surface area (Å²) in [6, 6.07) is 0. The summed E-state index contributed by atoms with van der Waals surface area (Å²) in [5.41, 5.74) is 1.42. The van der Waals surface area contributed by atoms with Crippen LogP contribution in [0, 0.1) is 0 Å². The van der Waals surface area contributed by atoms with Crippen LogP contribution in [-0.2, 0) is 5.41 Å². The summed E-state index contributed by atoms with van der Waals surface area (Å²) in [5.74, 6) is 1.73. The van der Waals surface area contributed by atoms with Crippen molar-refractivity contribution in [2.45, 2.75) is 38.5 Å². The van der Waals surface area contributed by atoms with Crippen LogP contribution >= 0.6 is 0 Å². The molecule has 1 unspecified atom stereocenters. The van der Waals surface area contributed by atoms with Crippen LogP contribution in [0.15, 0.2) is 6.20 Å². The van der Waals surface area contributed by atoms with Crippen LogP contribution in [0.3, 0.4) is 0 Å². The highest BCUT2D eigenvalue weighted by atomic mass is 15.0. The fourth-order valence-corrected chi connectivity index (χ4v) is 1.84. The number of aromatic amines is 1. The predicted molar refractivity (Wildman–Crippen MR) is 57.5 cm³/mol. The first-order valence-corrected chi connectivity index (χ1v) is 5.33. The van der Waals surface area contributed by atoms with Gasteiger partial charge in [0.05, 0.1) is 0 Å². The summed E-state index contributed by atoms with van der Waals surface area (Å²) in [4.78, 5) is 7.89. The molecule has 0 spiro atoms. The highest BCUT2D eigenvalue weighted by Crippen LogP contribution is 2.24. The van der Waals surface area contributed by atoms with Crippen molar-refractivity contribution in [3.8, 4) is 0 Å². The van der Waals surface area contributed by atoms with Gasteiger partial charge in [-0.05, 0) is 13.0 Å². The van der Waals surface area contributed by atoms with Crippen LogP contribution in [0.25, 0.3) is 0 Å². The number of aromatic nitrogens is 2. The Kier molecular flexibility index (Phi) is 2.35. The van der Waals surface area contributed by atoms with E-state index in [1.54, 1.807) is 0 Å². The molecule has 1 aromatic rings. The second-order valence-corrected chi connectivity index (χ2v) is 5.13. The minimum atomic E-state index is 0.129. The fourth-order valence-electron chi connectivity index (χ4n) is 1.84. The van der Waals surface area contributed by atoms with Gasteiger partial charge in [0.1, 0.15) is 5.82 Å². The molecular formula is C11H19N3. The molecule has 1 saturated heterocycles. The van der Waals surface area contributed by atoms with E-state index in [0.29, 0.717) is 5.92 Å². The lowest BCUT2D eigenvalue weighted by molar-refractivity contribution is 0.549. The maximum atomic E-state index is 4.45. The minimum absolute atomic E-state index is 0.129. The Morgan fingerprint density at radius 1 is 1.43 bits per heavy atom. The Hall–Kier alpha value is -0.830. The Morgan fingerprint density at radius 2 is 2.21 bits per heavy atom. The van der Waals surface area contributed by atoms with Crippen LogP contribution in [0.4, 0.5) is 0 Å². The lowest BCUT2D eigenvalue weighted by Crippen LogP contribution is -2.14. The molecule has 1 fully saturated rings. The van der Waals surface area contributed by atoms with E-state index >= 15 is 0 Å². The van der Waals surface area contributed by atoms with Gasteiger partial charge in [0.15, 0.2) is 0 Å². The molecule has 1 aliphatic rings. The Morgan fingerprint density at radius 3 is 2.71 bits per heavy atom. The molecule has 14 heavy (non-hydrogen) atoms. The van der Waals surface area contributed by atoms with Crippen molar-refractivity contribution in [3.05, 3.63) is 17.7 Å². The standard InChI is InChI=1S/C11H19N3/c1-11(2,3)10-13-7-9(14-10)8-4-5-12-6-8/h7-8,12H,4-6H2,1-3H3,(H,13,14). The van der Waals surface area contributed by atoms with Gasteiger partial charge in [0.25, 0.3) is 0 Å². The first kappa shape index (κ1) is 9.71. The van der Waals surface area contributed by atoms with E-state index in [1.807, 2.05) is 6.20 Å². The molecular weight excluding hydrogens is 174 g/mol. The zero-order chi connectivity index (χ0) is 10.2. The van der Waals surface area contributed by atoms with Gasteiger partial charge in [-0.25, -0.2) is 4.98 Å². The van der Waals surface area contributed by atoms with E-state index in [-0.39, 0.29) is 5.41 Å². The molecule has 0 saturated carbocycles. The average Bonchev–Trinajstić information content (AvgIpc) is 2.73. The molecule has 1 aliphatic heterocycles. The van der Waals surface area contributed by atoms with E-state index in [4.69, 9.17) is 0 Å². The van der Waals surface area contributed by atoms with Crippen molar-refractivity contribution in [1.29, 1.82) is 0 Å². The zero-order valence-electron chi connectivity index (χ0n) is 9.22. The van der Waals surface area contributed by atoms with Gasteiger partial charge < -0.3 is 10.3 Å². The number of H-pyrrole nitrogens is 1.